The molecule has 0 aliphatic carbocycles. The third-order valence-corrected chi connectivity index (χ3v) is 4.46. The lowest BCUT2D eigenvalue weighted by Gasteiger charge is -2.23. The second-order valence-corrected chi connectivity index (χ2v) is 6.21. The minimum Gasteiger partial charge on any atom is -0.341 e. The Kier molecular flexibility index (Phi) is 4.49. The van der Waals surface area contributed by atoms with Crippen molar-refractivity contribution in [2.24, 2.45) is 0 Å². The van der Waals surface area contributed by atoms with Crippen LogP contribution in [0.2, 0.25) is 0 Å². The van der Waals surface area contributed by atoms with Gasteiger partial charge in [-0.3, -0.25) is 4.79 Å². The first-order valence-electron chi connectivity index (χ1n) is 5.24. The maximum atomic E-state index is 11.7. The van der Waals surface area contributed by atoms with Crippen LogP contribution in [0.1, 0.15) is 6.42 Å². The van der Waals surface area contributed by atoms with Crippen LogP contribution < -0.4 is 5.32 Å². The molecule has 1 heterocycles. The van der Waals surface area contributed by atoms with Crippen molar-refractivity contribution in [3.8, 4) is 0 Å². The van der Waals surface area contributed by atoms with E-state index in [-0.39, 0.29) is 30.0 Å². The van der Waals surface area contributed by atoms with E-state index in [0.29, 0.717) is 13.0 Å². The summed E-state index contributed by atoms with van der Waals surface area (Å²) < 4.78 is 22.5. The van der Waals surface area contributed by atoms with Crippen molar-refractivity contribution >= 4 is 15.7 Å². The summed E-state index contributed by atoms with van der Waals surface area (Å²) >= 11 is 0. The Morgan fingerprint density at radius 3 is 2.81 bits per heavy atom. The van der Waals surface area contributed by atoms with Crippen LogP contribution in [0.5, 0.6) is 0 Å². The minimum atomic E-state index is -2.93. The Morgan fingerprint density at radius 2 is 2.31 bits per heavy atom. The Labute approximate surface area is 96.4 Å². The molecule has 1 rings (SSSR count). The van der Waals surface area contributed by atoms with Gasteiger partial charge in [-0.2, -0.15) is 0 Å². The molecule has 0 spiro atoms. The fourth-order valence-electron chi connectivity index (χ4n) is 1.69. The largest absolute Gasteiger partial charge is 0.341 e. The van der Waals surface area contributed by atoms with Crippen LogP contribution in [0.3, 0.4) is 0 Å². The van der Waals surface area contributed by atoms with Crippen LogP contribution in [-0.2, 0) is 14.6 Å². The van der Waals surface area contributed by atoms with E-state index in [2.05, 4.69) is 11.9 Å². The normalized spacial score (nSPS) is 22.9. The second-order valence-electron chi connectivity index (χ2n) is 3.98. The zero-order chi connectivity index (χ0) is 12.2. The predicted octanol–water partition coefficient (Wildman–Crippen LogP) is -0.592. The van der Waals surface area contributed by atoms with Gasteiger partial charge in [0.05, 0.1) is 18.1 Å². The maximum absolute atomic E-state index is 11.7. The highest BCUT2D eigenvalue weighted by Gasteiger charge is 2.32. The molecule has 1 saturated heterocycles. The molecule has 1 amide bonds. The monoisotopic (exact) mass is 246 g/mol. The van der Waals surface area contributed by atoms with Crippen molar-refractivity contribution < 1.29 is 13.2 Å². The molecule has 0 saturated carbocycles. The van der Waals surface area contributed by atoms with E-state index in [1.54, 1.807) is 13.1 Å². The molecule has 0 aromatic rings. The van der Waals surface area contributed by atoms with Crippen molar-refractivity contribution in [2.75, 3.05) is 31.6 Å². The summed E-state index contributed by atoms with van der Waals surface area (Å²) in [6.45, 7) is 4.33. The average molecular weight is 246 g/mol. The van der Waals surface area contributed by atoms with Crippen LogP contribution in [-0.4, -0.2) is 56.9 Å². The van der Waals surface area contributed by atoms with E-state index in [1.165, 1.54) is 4.90 Å². The van der Waals surface area contributed by atoms with Crippen molar-refractivity contribution in [3.05, 3.63) is 12.7 Å². The molecule has 1 aliphatic rings. The first-order chi connectivity index (χ1) is 7.46. The Morgan fingerprint density at radius 1 is 1.62 bits per heavy atom. The quantitative estimate of drug-likeness (QED) is 0.520. The molecule has 0 aromatic heterocycles. The average Bonchev–Trinajstić information content (AvgIpc) is 2.58. The molecule has 1 atom stereocenters. The van der Waals surface area contributed by atoms with Gasteiger partial charge in [0, 0.05) is 19.6 Å². The number of nitrogens with one attached hydrogen (secondary N) is 1. The summed E-state index contributed by atoms with van der Waals surface area (Å²) in [6, 6.07) is -0.164. The molecule has 0 aromatic carbocycles. The highest BCUT2D eigenvalue weighted by atomic mass is 32.2. The first-order valence-corrected chi connectivity index (χ1v) is 7.06. The van der Waals surface area contributed by atoms with E-state index < -0.39 is 9.84 Å². The second kappa shape index (κ2) is 5.45. The van der Waals surface area contributed by atoms with E-state index in [1.807, 2.05) is 0 Å². The molecular weight excluding hydrogens is 228 g/mol. The third kappa shape index (κ3) is 3.61. The fourth-order valence-corrected chi connectivity index (χ4v) is 3.46. The Bertz CT molecular complexity index is 364. The minimum absolute atomic E-state index is 0.0797. The summed E-state index contributed by atoms with van der Waals surface area (Å²) in [5.74, 6) is 0.204. The van der Waals surface area contributed by atoms with Gasteiger partial charge in [-0.15, -0.1) is 6.58 Å². The van der Waals surface area contributed by atoms with Crippen LogP contribution >= 0.6 is 0 Å². The van der Waals surface area contributed by atoms with Gasteiger partial charge in [-0.25, -0.2) is 8.42 Å². The van der Waals surface area contributed by atoms with Crippen molar-refractivity contribution in [1.29, 1.82) is 0 Å². The molecule has 1 N–H and O–H groups in total. The third-order valence-electron chi connectivity index (χ3n) is 2.71. The molecule has 0 radical (unpaired) electrons. The Balaban J connectivity index is 2.42. The number of rotatable bonds is 5. The molecule has 92 valence electrons. The Hall–Kier alpha value is -0.880. The predicted molar refractivity (Wildman–Crippen MR) is 62.9 cm³/mol. The lowest BCUT2D eigenvalue weighted by Crippen LogP contribution is -2.42. The smallest absolute Gasteiger partial charge is 0.236 e. The summed E-state index contributed by atoms with van der Waals surface area (Å²) in [7, 11) is -1.27. The summed E-state index contributed by atoms with van der Waals surface area (Å²) in [5.41, 5.74) is 0. The van der Waals surface area contributed by atoms with E-state index in [0.717, 1.165) is 0 Å². The first kappa shape index (κ1) is 13.2. The van der Waals surface area contributed by atoms with Crippen LogP contribution in [0.4, 0.5) is 0 Å². The van der Waals surface area contributed by atoms with Crippen molar-refractivity contribution in [3.63, 3.8) is 0 Å². The van der Waals surface area contributed by atoms with Gasteiger partial charge >= 0.3 is 0 Å². The molecular formula is C10H18N2O3S. The zero-order valence-corrected chi connectivity index (χ0v) is 10.3. The number of carbonyl (C=O) groups excluding carboxylic acids is 1. The number of carbonyl (C=O) groups is 1. The lowest BCUT2D eigenvalue weighted by molar-refractivity contribution is -0.130. The topological polar surface area (TPSA) is 66.5 Å². The molecule has 5 nitrogen and oxygen atoms in total. The standard InChI is InChI=1S/C10H18N2O3S/c1-3-5-11-7-10(13)12(2)9-4-6-16(14,15)8-9/h3,9,11H,1,4-8H2,2H3. The van der Waals surface area contributed by atoms with E-state index >= 15 is 0 Å². The lowest BCUT2D eigenvalue weighted by atomic mass is 10.2. The van der Waals surface area contributed by atoms with Gasteiger partial charge < -0.3 is 10.2 Å². The van der Waals surface area contributed by atoms with Gasteiger partial charge in [-0.05, 0) is 6.42 Å². The molecule has 6 heteroatoms. The zero-order valence-electron chi connectivity index (χ0n) is 9.48. The van der Waals surface area contributed by atoms with Crippen LogP contribution in [0, 0.1) is 0 Å². The van der Waals surface area contributed by atoms with Crippen molar-refractivity contribution in [1.82, 2.24) is 10.2 Å². The number of hydrogen-bond acceptors (Lipinski definition) is 4. The summed E-state index contributed by atoms with van der Waals surface area (Å²) in [6.07, 6.45) is 2.22. The van der Waals surface area contributed by atoms with Crippen LogP contribution in [0.15, 0.2) is 12.7 Å². The van der Waals surface area contributed by atoms with E-state index in [9.17, 15) is 13.2 Å². The van der Waals surface area contributed by atoms with Gasteiger partial charge in [0.15, 0.2) is 9.84 Å². The summed E-state index contributed by atoms with van der Waals surface area (Å²) in [4.78, 5) is 13.2. The highest BCUT2D eigenvalue weighted by Crippen LogP contribution is 2.16. The number of amides is 1. The van der Waals surface area contributed by atoms with E-state index in [4.69, 9.17) is 0 Å². The molecule has 1 fully saturated rings. The molecule has 1 unspecified atom stereocenters. The molecule has 1 aliphatic heterocycles. The highest BCUT2D eigenvalue weighted by molar-refractivity contribution is 7.91. The van der Waals surface area contributed by atoms with Gasteiger partial charge in [0.2, 0.25) is 5.91 Å². The molecule has 0 bridgehead atoms. The van der Waals surface area contributed by atoms with Crippen molar-refractivity contribution in [2.45, 2.75) is 12.5 Å². The maximum Gasteiger partial charge on any atom is 0.236 e. The van der Waals surface area contributed by atoms with Gasteiger partial charge in [0.1, 0.15) is 0 Å². The summed E-state index contributed by atoms with van der Waals surface area (Å²) in [5, 5.41) is 2.90. The number of nitrogens with zero attached hydrogens (tertiary/aromatic N) is 1. The fraction of sp³-hybridized carbons (Fsp3) is 0.700. The van der Waals surface area contributed by atoms with Gasteiger partial charge in [-0.1, -0.05) is 6.08 Å². The number of sulfone groups is 1. The number of likely N-dealkylation sites (N-methyl/N-ethyl adjacent to an activating group) is 1. The SMILES string of the molecule is C=CCNCC(=O)N(C)C1CCS(=O)(=O)C1. The number of hydrogen-bond donors (Lipinski definition) is 1. The molecule has 16 heavy (non-hydrogen) atoms. The van der Waals surface area contributed by atoms with Gasteiger partial charge in [0.25, 0.3) is 0 Å². The van der Waals surface area contributed by atoms with Crippen LogP contribution in [0.25, 0.3) is 0 Å².